The third-order valence-corrected chi connectivity index (χ3v) is 13.3. The van der Waals surface area contributed by atoms with Crippen LogP contribution in [-0.2, 0) is 57.0 Å². The topological polar surface area (TPSA) is 221 Å². The normalized spacial score (nSPS) is 24.1. The molecule has 2 aromatic rings. The fourth-order valence-corrected chi connectivity index (χ4v) is 9.69. The zero-order valence-corrected chi connectivity index (χ0v) is 35.8. The summed E-state index contributed by atoms with van der Waals surface area (Å²) in [6, 6.07) is -0.204. The number of hydrogen-bond donors (Lipinski definition) is 1. The molecule has 2 aliphatic heterocycles. The Morgan fingerprint density at radius 1 is 1.09 bits per heavy atom. The lowest BCUT2D eigenvalue weighted by atomic mass is 10.1. The SMILES string of the molecule is CCOP(=O)(OCC)[C@](COC)(OC[C@H]1O[C@@H](n2ncc3c(N(C(=O)OC(C)(C)C)C4CCCC4)nc(Cl)nc32)[C@@H]2OC(C)(C)O[C@@H]21)C(=O)NS(=O)(=O)N(C)C. The summed E-state index contributed by atoms with van der Waals surface area (Å²) in [4.78, 5) is 38.2. The van der Waals surface area contributed by atoms with Crippen LogP contribution >= 0.6 is 19.2 Å². The van der Waals surface area contributed by atoms with Crippen LogP contribution in [0, 0.1) is 0 Å². The molecule has 0 radical (unpaired) electrons. The summed E-state index contributed by atoms with van der Waals surface area (Å²) < 4.78 is 91.9. The smallest absolute Gasteiger partial charge is 0.416 e. The monoisotopic (exact) mass is 853 g/mol. The number of hydrogen-bond acceptors (Lipinski definition) is 16. The van der Waals surface area contributed by atoms with E-state index in [1.165, 1.54) is 50.8 Å². The third kappa shape index (κ3) is 9.02. The molecule has 1 N–H and O–H groups in total. The van der Waals surface area contributed by atoms with Gasteiger partial charge in [0.2, 0.25) is 5.28 Å². The zero-order chi connectivity index (χ0) is 41.4. The Kier molecular flexibility index (Phi) is 13.5. The number of aromatic nitrogens is 4. The molecule has 0 aromatic carbocycles. The molecule has 1 saturated carbocycles. The van der Waals surface area contributed by atoms with E-state index in [1.807, 2.05) is 4.72 Å². The molecule has 2 amide bonds. The summed E-state index contributed by atoms with van der Waals surface area (Å²) in [5.41, 5.74) is -0.574. The highest BCUT2D eigenvalue weighted by Crippen LogP contribution is 2.61. The van der Waals surface area contributed by atoms with E-state index in [1.54, 1.807) is 34.6 Å². The highest BCUT2D eigenvalue weighted by molar-refractivity contribution is 7.87. The number of ether oxygens (including phenoxy) is 6. The second-order valence-corrected chi connectivity index (χ2v) is 19.6. The van der Waals surface area contributed by atoms with Crippen LogP contribution in [0.3, 0.4) is 0 Å². The maximum absolute atomic E-state index is 14.5. The number of nitrogens with zero attached hydrogens (tertiary/aromatic N) is 6. The molecular weight excluding hydrogens is 801 g/mol. The van der Waals surface area contributed by atoms with Crippen LogP contribution in [0.25, 0.3) is 11.0 Å². The van der Waals surface area contributed by atoms with Gasteiger partial charge in [-0.1, -0.05) is 12.8 Å². The Balaban J connectivity index is 1.55. The Morgan fingerprint density at radius 2 is 1.71 bits per heavy atom. The molecule has 0 bridgehead atoms. The number of anilines is 1. The van der Waals surface area contributed by atoms with E-state index in [9.17, 15) is 22.6 Å². The van der Waals surface area contributed by atoms with Gasteiger partial charge in [0.15, 0.2) is 23.5 Å². The Morgan fingerprint density at radius 3 is 2.29 bits per heavy atom. The first-order valence-electron chi connectivity index (χ1n) is 18.3. The van der Waals surface area contributed by atoms with Crippen LogP contribution in [0.2, 0.25) is 5.28 Å². The van der Waals surface area contributed by atoms with E-state index in [0.29, 0.717) is 5.39 Å². The van der Waals surface area contributed by atoms with Crippen molar-refractivity contribution in [2.75, 3.05) is 52.5 Å². The van der Waals surface area contributed by atoms with Gasteiger partial charge < -0.3 is 37.5 Å². The molecule has 23 heteroatoms. The first-order chi connectivity index (χ1) is 26.1. The molecule has 1 aliphatic carbocycles. The van der Waals surface area contributed by atoms with E-state index in [0.717, 1.165) is 30.0 Å². The number of methoxy groups -OCH3 is 1. The number of carbonyl (C=O) groups excluding carboxylic acids is 2. The van der Waals surface area contributed by atoms with Gasteiger partial charge in [-0.25, -0.2) is 14.2 Å². The predicted molar refractivity (Wildman–Crippen MR) is 201 cm³/mol. The molecule has 0 spiro atoms. The van der Waals surface area contributed by atoms with Crippen molar-refractivity contribution in [3.05, 3.63) is 11.5 Å². The van der Waals surface area contributed by atoms with Gasteiger partial charge in [0, 0.05) is 27.2 Å². The lowest BCUT2D eigenvalue weighted by Gasteiger charge is -2.37. The average molecular weight is 854 g/mol. The van der Waals surface area contributed by atoms with E-state index < -0.39 is 84.3 Å². The highest BCUT2D eigenvalue weighted by atomic mass is 35.5. The van der Waals surface area contributed by atoms with Gasteiger partial charge >= 0.3 is 23.9 Å². The molecule has 5 rings (SSSR count). The van der Waals surface area contributed by atoms with Gasteiger partial charge in [-0.15, -0.1) is 0 Å². The molecule has 2 aromatic heterocycles. The van der Waals surface area contributed by atoms with Crippen LogP contribution in [0.15, 0.2) is 6.20 Å². The van der Waals surface area contributed by atoms with Crippen molar-refractivity contribution in [2.45, 2.75) is 121 Å². The molecular formula is C33H53ClN7O13PS. The Labute approximate surface area is 331 Å². The van der Waals surface area contributed by atoms with Gasteiger partial charge in [-0.05, 0) is 72.9 Å². The van der Waals surface area contributed by atoms with E-state index in [2.05, 4.69) is 15.1 Å². The van der Waals surface area contributed by atoms with Crippen molar-refractivity contribution in [1.29, 1.82) is 0 Å². The minimum Gasteiger partial charge on any atom is -0.443 e. The van der Waals surface area contributed by atoms with Crippen LogP contribution in [0.4, 0.5) is 10.6 Å². The summed E-state index contributed by atoms with van der Waals surface area (Å²) in [6.45, 7) is 10.1. The standard InChI is InChI=1S/C33H53ClN7O13PS/c1-11-49-55(44,50-12-2)33(19-47-10,28(42)38-56(45,46)39(8)9)48-18-22-23-24(53-32(6,7)52-23)27(51-22)41-26-21(17-35-41)25(36-29(34)37-26)40(20-15-13-14-16-20)30(43)54-31(3,4)5/h17,20,22-24,27H,11-16,18-19H2,1-10H3,(H,38,42)/t22-,23-,24-,27-,33+/m1/s1. The van der Waals surface area contributed by atoms with E-state index >= 15 is 0 Å². The lowest BCUT2D eigenvalue weighted by molar-refractivity contribution is -0.207. The first kappa shape index (κ1) is 44.5. The quantitative estimate of drug-likeness (QED) is 0.185. The number of carbonyl (C=O) groups is 2. The average Bonchev–Trinajstić information content (AvgIpc) is 3.87. The summed E-state index contributed by atoms with van der Waals surface area (Å²) in [6.07, 6.45) is 0.356. The molecule has 20 nitrogen and oxygen atoms in total. The van der Waals surface area contributed by atoms with Crippen LogP contribution in [0.1, 0.15) is 80.4 Å². The molecule has 316 valence electrons. The van der Waals surface area contributed by atoms with E-state index in [-0.39, 0.29) is 36.0 Å². The molecule has 56 heavy (non-hydrogen) atoms. The predicted octanol–water partition coefficient (Wildman–Crippen LogP) is 4.13. The van der Waals surface area contributed by atoms with Gasteiger partial charge in [0.05, 0.1) is 38.0 Å². The lowest BCUT2D eigenvalue weighted by Crippen LogP contribution is -2.56. The molecule has 4 heterocycles. The second-order valence-electron chi connectivity index (χ2n) is 15.1. The van der Waals surface area contributed by atoms with Gasteiger partial charge in [0.25, 0.3) is 11.2 Å². The molecule has 3 fully saturated rings. The van der Waals surface area contributed by atoms with Crippen LogP contribution < -0.4 is 9.62 Å². The van der Waals surface area contributed by atoms with Crippen molar-refractivity contribution in [3.8, 4) is 0 Å². The van der Waals surface area contributed by atoms with Gasteiger partial charge in [0.1, 0.15) is 23.9 Å². The molecule has 5 atom stereocenters. The number of fused-ring (bicyclic) bond motifs is 2. The van der Waals surface area contributed by atoms with Gasteiger partial charge in [-0.3, -0.25) is 14.3 Å². The van der Waals surface area contributed by atoms with Crippen molar-refractivity contribution < 1.29 is 60.0 Å². The minimum atomic E-state index is -4.67. The molecule has 2 saturated heterocycles. The number of halogens is 1. The minimum absolute atomic E-state index is 0.162. The third-order valence-electron chi connectivity index (χ3n) is 9.20. The summed E-state index contributed by atoms with van der Waals surface area (Å²) in [5, 5.41) is 2.18. The maximum Gasteiger partial charge on any atom is 0.416 e. The van der Waals surface area contributed by atoms with Crippen molar-refractivity contribution >= 4 is 58.3 Å². The summed E-state index contributed by atoms with van der Waals surface area (Å²) in [7, 11) is -5.48. The highest BCUT2D eigenvalue weighted by Gasteiger charge is 2.62. The summed E-state index contributed by atoms with van der Waals surface area (Å²) in [5.74, 6) is -2.28. The number of nitrogens with one attached hydrogen (secondary N) is 1. The van der Waals surface area contributed by atoms with Crippen LogP contribution in [0.5, 0.6) is 0 Å². The Bertz CT molecular complexity index is 1900. The first-order valence-corrected chi connectivity index (χ1v) is 21.7. The maximum atomic E-state index is 14.5. The Hall–Kier alpha value is -2.56. The fraction of sp³-hybridized carbons (Fsp3) is 0.788. The molecule has 0 unspecified atom stereocenters. The van der Waals surface area contributed by atoms with Crippen LogP contribution in [-0.4, -0.2) is 133 Å². The number of rotatable bonds is 16. The zero-order valence-electron chi connectivity index (χ0n) is 33.3. The number of amides is 2. The van der Waals surface area contributed by atoms with Crippen molar-refractivity contribution in [1.82, 2.24) is 28.8 Å². The fourth-order valence-electron chi connectivity index (χ4n) is 6.87. The van der Waals surface area contributed by atoms with Crippen molar-refractivity contribution in [3.63, 3.8) is 0 Å². The second kappa shape index (κ2) is 17.0. The summed E-state index contributed by atoms with van der Waals surface area (Å²) >= 11 is 6.55. The van der Waals surface area contributed by atoms with E-state index in [4.69, 9.17) is 49.1 Å². The van der Waals surface area contributed by atoms with Gasteiger partial charge in [-0.2, -0.15) is 27.8 Å². The largest absolute Gasteiger partial charge is 0.443 e. The molecule has 3 aliphatic rings. The van der Waals surface area contributed by atoms with Crippen molar-refractivity contribution in [2.24, 2.45) is 0 Å².